The van der Waals surface area contributed by atoms with E-state index in [1.165, 1.54) is 0 Å². The van der Waals surface area contributed by atoms with Crippen molar-refractivity contribution < 1.29 is 19.4 Å². The summed E-state index contributed by atoms with van der Waals surface area (Å²) in [7, 11) is 0. The highest BCUT2D eigenvalue weighted by Crippen LogP contribution is 2.30. The van der Waals surface area contributed by atoms with Gasteiger partial charge in [0.05, 0.1) is 19.8 Å². The van der Waals surface area contributed by atoms with Crippen LogP contribution in [-0.4, -0.2) is 37.4 Å². The third-order valence-electron chi connectivity index (χ3n) is 2.41. The first-order valence-corrected chi connectivity index (χ1v) is 5.60. The Hall–Kier alpha value is -1.75. The molecule has 17 heavy (non-hydrogen) atoms. The second kappa shape index (κ2) is 5.54. The van der Waals surface area contributed by atoms with E-state index in [0.717, 1.165) is 6.42 Å². The van der Waals surface area contributed by atoms with E-state index in [1.54, 1.807) is 18.2 Å². The minimum atomic E-state index is -0.227. The number of benzene rings is 1. The molecule has 0 bridgehead atoms. The lowest BCUT2D eigenvalue weighted by Crippen LogP contribution is -2.26. The van der Waals surface area contributed by atoms with E-state index in [-0.39, 0.29) is 19.1 Å². The van der Waals surface area contributed by atoms with Gasteiger partial charge in [-0.15, -0.1) is 0 Å². The molecule has 1 heterocycles. The van der Waals surface area contributed by atoms with Crippen LogP contribution in [0.4, 0.5) is 0 Å². The summed E-state index contributed by atoms with van der Waals surface area (Å²) in [5, 5.41) is 11.2. The van der Waals surface area contributed by atoms with Crippen LogP contribution < -0.4 is 14.8 Å². The van der Waals surface area contributed by atoms with Crippen molar-refractivity contribution in [3.63, 3.8) is 0 Å². The number of rotatable bonds is 3. The second-order valence-electron chi connectivity index (χ2n) is 3.69. The fourth-order valence-corrected chi connectivity index (χ4v) is 1.58. The molecule has 0 spiro atoms. The standard InChI is InChI=1S/C12H15NO4/c14-5-4-13-12(15)9-2-3-10-11(8-9)17-7-1-6-16-10/h2-3,8,14H,1,4-7H2,(H,13,15). The Labute approximate surface area is 99.3 Å². The van der Waals surface area contributed by atoms with Gasteiger partial charge in [0, 0.05) is 18.5 Å². The van der Waals surface area contributed by atoms with Gasteiger partial charge in [-0.1, -0.05) is 0 Å². The lowest BCUT2D eigenvalue weighted by Gasteiger charge is -2.09. The van der Waals surface area contributed by atoms with Crippen molar-refractivity contribution in [1.29, 1.82) is 0 Å². The van der Waals surface area contributed by atoms with Gasteiger partial charge < -0.3 is 19.9 Å². The van der Waals surface area contributed by atoms with E-state index in [9.17, 15) is 4.79 Å². The molecule has 1 aromatic rings. The van der Waals surface area contributed by atoms with Crippen molar-refractivity contribution in [3.8, 4) is 11.5 Å². The van der Waals surface area contributed by atoms with Crippen LogP contribution in [0.5, 0.6) is 11.5 Å². The largest absolute Gasteiger partial charge is 0.490 e. The Morgan fingerprint density at radius 3 is 2.82 bits per heavy atom. The molecule has 1 amide bonds. The molecule has 0 fully saturated rings. The van der Waals surface area contributed by atoms with E-state index in [4.69, 9.17) is 14.6 Å². The highest BCUT2D eigenvalue weighted by Gasteiger charge is 2.13. The second-order valence-corrected chi connectivity index (χ2v) is 3.69. The fourth-order valence-electron chi connectivity index (χ4n) is 1.58. The molecule has 0 atom stereocenters. The predicted molar refractivity (Wildman–Crippen MR) is 61.5 cm³/mol. The average molecular weight is 237 g/mol. The summed E-state index contributed by atoms with van der Waals surface area (Å²) in [6, 6.07) is 5.07. The normalized spacial score (nSPS) is 13.9. The molecule has 2 rings (SSSR count). The van der Waals surface area contributed by atoms with Gasteiger partial charge in [0.15, 0.2) is 11.5 Å². The summed E-state index contributed by atoms with van der Waals surface area (Å²) < 4.78 is 11.0. The summed E-state index contributed by atoms with van der Waals surface area (Å²) in [6.07, 6.45) is 0.834. The van der Waals surface area contributed by atoms with Gasteiger partial charge >= 0.3 is 0 Å². The van der Waals surface area contributed by atoms with Gasteiger partial charge in [-0.05, 0) is 18.2 Å². The van der Waals surface area contributed by atoms with Crippen molar-refractivity contribution in [2.75, 3.05) is 26.4 Å². The smallest absolute Gasteiger partial charge is 0.251 e. The first-order valence-electron chi connectivity index (χ1n) is 5.60. The topological polar surface area (TPSA) is 67.8 Å². The number of ether oxygens (including phenoxy) is 2. The summed E-state index contributed by atoms with van der Waals surface area (Å²) in [5.41, 5.74) is 0.503. The maximum atomic E-state index is 11.7. The number of carbonyl (C=O) groups excluding carboxylic acids is 1. The van der Waals surface area contributed by atoms with E-state index < -0.39 is 0 Å². The Balaban J connectivity index is 2.14. The van der Waals surface area contributed by atoms with Gasteiger partial charge in [-0.3, -0.25) is 4.79 Å². The Bertz CT molecular complexity index is 405. The monoisotopic (exact) mass is 237 g/mol. The summed E-state index contributed by atoms with van der Waals surface area (Å²) in [4.78, 5) is 11.7. The Kier molecular flexibility index (Phi) is 3.82. The van der Waals surface area contributed by atoms with Crippen LogP contribution in [0.1, 0.15) is 16.8 Å². The predicted octanol–water partition coefficient (Wildman–Crippen LogP) is 0.570. The van der Waals surface area contributed by atoms with Gasteiger partial charge in [-0.2, -0.15) is 0 Å². The lowest BCUT2D eigenvalue weighted by atomic mass is 10.2. The van der Waals surface area contributed by atoms with Crippen LogP contribution in [0.15, 0.2) is 18.2 Å². The zero-order valence-corrected chi connectivity index (χ0v) is 9.44. The van der Waals surface area contributed by atoms with E-state index in [0.29, 0.717) is 30.3 Å². The molecule has 0 radical (unpaired) electrons. The number of carbonyl (C=O) groups is 1. The maximum absolute atomic E-state index is 11.7. The van der Waals surface area contributed by atoms with Crippen LogP contribution >= 0.6 is 0 Å². The third-order valence-corrected chi connectivity index (χ3v) is 2.41. The van der Waals surface area contributed by atoms with Gasteiger partial charge in [-0.25, -0.2) is 0 Å². The number of hydrogen-bond acceptors (Lipinski definition) is 4. The number of hydrogen-bond donors (Lipinski definition) is 2. The van der Waals surface area contributed by atoms with Crippen molar-refractivity contribution in [2.45, 2.75) is 6.42 Å². The maximum Gasteiger partial charge on any atom is 0.251 e. The van der Waals surface area contributed by atoms with Gasteiger partial charge in [0.25, 0.3) is 5.91 Å². The number of amides is 1. The van der Waals surface area contributed by atoms with Crippen molar-refractivity contribution in [1.82, 2.24) is 5.32 Å². The molecule has 1 aliphatic heterocycles. The van der Waals surface area contributed by atoms with Crippen molar-refractivity contribution in [3.05, 3.63) is 23.8 Å². The van der Waals surface area contributed by atoms with Crippen LogP contribution in [0.25, 0.3) is 0 Å². The van der Waals surface area contributed by atoms with E-state index in [2.05, 4.69) is 5.32 Å². The summed E-state index contributed by atoms with van der Waals surface area (Å²) in [5.74, 6) is 1.04. The molecule has 92 valence electrons. The molecule has 0 aromatic heterocycles. The summed E-state index contributed by atoms with van der Waals surface area (Å²) >= 11 is 0. The quantitative estimate of drug-likeness (QED) is 0.806. The molecule has 0 unspecified atom stereocenters. The zero-order chi connectivity index (χ0) is 12.1. The van der Waals surface area contributed by atoms with E-state index >= 15 is 0 Å². The highest BCUT2D eigenvalue weighted by molar-refractivity contribution is 5.94. The average Bonchev–Trinajstić information content (AvgIpc) is 2.60. The number of fused-ring (bicyclic) bond motifs is 1. The first kappa shape index (κ1) is 11.7. The van der Waals surface area contributed by atoms with Gasteiger partial charge in [0.2, 0.25) is 0 Å². The van der Waals surface area contributed by atoms with Crippen molar-refractivity contribution >= 4 is 5.91 Å². The molecule has 5 heteroatoms. The van der Waals surface area contributed by atoms with Gasteiger partial charge in [0.1, 0.15) is 0 Å². The molecule has 0 saturated carbocycles. The molecular weight excluding hydrogens is 222 g/mol. The SMILES string of the molecule is O=C(NCCO)c1ccc2c(c1)OCCCO2. The van der Waals surface area contributed by atoms with Crippen LogP contribution in [-0.2, 0) is 0 Å². The third kappa shape index (κ3) is 2.88. The number of nitrogens with one attached hydrogen (secondary N) is 1. The van der Waals surface area contributed by atoms with E-state index in [1.807, 2.05) is 0 Å². The summed E-state index contributed by atoms with van der Waals surface area (Å²) in [6.45, 7) is 1.39. The van der Waals surface area contributed by atoms with Crippen LogP contribution in [0.3, 0.4) is 0 Å². The fraction of sp³-hybridized carbons (Fsp3) is 0.417. The minimum Gasteiger partial charge on any atom is -0.490 e. The first-order chi connectivity index (χ1) is 8.31. The van der Waals surface area contributed by atoms with Crippen molar-refractivity contribution in [2.24, 2.45) is 0 Å². The zero-order valence-electron chi connectivity index (χ0n) is 9.44. The number of aliphatic hydroxyl groups excluding tert-OH is 1. The highest BCUT2D eigenvalue weighted by atomic mass is 16.5. The molecule has 1 aromatic carbocycles. The lowest BCUT2D eigenvalue weighted by molar-refractivity contribution is 0.0944. The molecule has 1 aliphatic rings. The Morgan fingerprint density at radius 2 is 2.06 bits per heavy atom. The molecule has 2 N–H and O–H groups in total. The van der Waals surface area contributed by atoms with Crippen LogP contribution in [0.2, 0.25) is 0 Å². The molecule has 5 nitrogen and oxygen atoms in total. The minimum absolute atomic E-state index is 0.0731. The number of aliphatic hydroxyl groups is 1. The molecule has 0 saturated heterocycles. The molecular formula is C12H15NO4. The molecule has 0 aliphatic carbocycles. The Morgan fingerprint density at radius 1 is 1.29 bits per heavy atom. The van der Waals surface area contributed by atoms with Crippen LogP contribution in [0, 0.1) is 0 Å².